The van der Waals surface area contributed by atoms with Gasteiger partial charge in [-0.05, 0) is 95.9 Å². The number of aromatic amines is 1. The summed E-state index contributed by atoms with van der Waals surface area (Å²) in [5.74, 6) is -1.67. The maximum Gasteiger partial charge on any atom is 0.335 e. The molecule has 2 N–H and O–H groups in total. The van der Waals surface area contributed by atoms with Gasteiger partial charge in [0.1, 0.15) is 5.82 Å². The Morgan fingerprint density at radius 2 is 1.97 bits per heavy atom. The number of hydrogen-bond acceptors (Lipinski definition) is 5. The molecule has 0 radical (unpaired) electrons. The molecule has 0 fully saturated rings. The van der Waals surface area contributed by atoms with E-state index in [1.54, 1.807) is 18.2 Å². The Kier molecular flexibility index (Phi) is 7.31. The number of H-pyrrole nitrogens is 1. The fraction of sp³-hybridized carbons (Fsp3) is 0.406. The highest BCUT2D eigenvalue weighted by Gasteiger charge is 2.46. The number of rotatable bonds is 6. The predicted molar refractivity (Wildman–Crippen MR) is 151 cm³/mol. The lowest BCUT2D eigenvalue weighted by Gasteiger charge is -2.45. The molecule has 3 heterocycles. The Morgan fingerprint density at radius 3 is 2.72 bits per heavy atom. The molecule has 0 bridgehead atoms. The van der Waals surface area contributed by atoms with Gasteiger partial charge in [-0.3, -0.25) is 4.79 Å². The van der Waals surface area contributed by atoms with E-state index in [2.05, 4.69) is 44.8 Å². The molecule has 2 aliphatic heterocycles. The molecule has 5 rings (SSSR count). The molecule has 3 aliphatic rings. The number of carboxylic acids is 1. The number of benzene rings is 1. The van der Waals surface area contributed by atoms with E-state index >= 15 is 0 Å². The first-order valence-electron chi connectivity index (χ1n) is 13.5. The van der Waals surface area contributed by atoms with Crippen LogP contribution < -0.4 is 0 Å². The summed E-state index contributed by atoms with van der Waals surface area (Å²) in [6, 6.07) is 4.82. The van der Waals surface area contributed by atoms with Gasteiger partial charge in [0.25, 0.3) is 0 Å². The smallest absolute Gasteiger partial charge is 0.335 e. The van der Waals surface area contributed by atoms with Gasteiger partial charge in [-0.1, -0.05) is 28.9 Å². The van der Waals surface area contributed by atoms with Crippen LogP contribution in [-0.4, -0.2) is 44.8 Å². The second kappa shape index (κ2) is 10.5. The van der Waals surface area contributed by atoms with Crippen LogP contribution in [0.3, 0.4) is 0 Å². The number of nitrogens with zero attached hydrogens (tertiary/aromatic N) is 1. The van der Waals surface area contributed by atoms with Gasteiger partial charge in [-0.25, -0.2) is 9.78 Å². The molecular formula is C32H36N2O5. The number of carbonyl (C=O) groups excluding carboxylic acids is 1. The summed E-state index contributed by atoms with van der Waals surface area (Å²) >= 11 is 0. The Balaban J connectivity index is 1.54. The number of carboxylic acid groups (broad SMARTS) is 1. The topological polar surface area (TPSA) is 102 Å². The van der Waals surface area contributed by atoms with Crippen LogP contribution in [0.4, 0.5) is 0 Å². The molecule has 0 amide bonds. The Labute approximate surface area is 229 Å². The van der Waals surface area contributed by atoms with Crippen molar-refractivity contribution in [3.63, 3.8) is 0 Å². The number of carbonyl (C=O) groups is 2. The van der Waals surface area contributed by atoms with Gasteiger partial charge >= 0.3 is 5.97 Å². The first-order chi connectivity index (χ1) is 18.5. The van der Waals surface area contributed by atoms with Gasteiger partial charge in [-0.15, -0.1) is 0 Å². The molecule has 204 valence electrons. The molecule has 1 spiro atoms. The Hall–Kier alpha value is -3.55. The second-order valence-corrected chi connectivity index (χ2v) is 11.3. The average Bonchev–Trinajstić information content (AvgIpc) is 3.27. The number of imidazole rings is 1. The van der Waals surface area contributed by atoms with E-state index in [1.165, 1.54) is 11.1 Å². The molecule has 0 unspecified atom stereocenters. The van der Waals surface area contributed by atoms with Gasteiger partial charge < -0.3 is 19.6 Å². The van der Waals surface area contributed by atoms with E-state index in [4.69, 9.17) is 14.5 Å². The van der Waals surface area contributed by atoms with Crippen molar-refractivity contribution in [1.29, 1.82) is 0 Å². The van der Waals surface area contributed by atoms with E-state index in [0.29, 0.717) is 28.9 Å². The zero-order valence-corrected chi connectivity index (χ0v) is 23.2. The first kappa shape index (κ1) is 27.0. The number of allylic oxidation sites excluding steroid dienone is 4. The molecule has 1 aliphatic carbocycles. The number of Topliss-reactive ketones (excluding diaryl/α,β-unsaturated/α-hetero) is 1. The summed E-state index contributed by atoms with van der Waals surface area (Å²) in [5, 5.41) is 9.42. The minimum atomic E-state index is -1.11. The van der Waals surface area contributed by atoms with Crippen molar-refractivity contribution in [2.24, 2.45) is 5.92 Å². The molecule has 0 saturated carbocycles. The van der Waals surface area contributed by atoms with Crippen LogP contribution in [0, 0.1) is 5.92 Å². The Bertz CT molecular complexity index is 1480. The van der Waals surface area contributed by atoms with Crippen LogP contribution in [-0.2, 0) is 14.3 Å². The largest absolute Gasteiger partial charge is 0.478 e. The zero-order chi connectivity index (χ0) is 27.9. The van der Waals surface area contributed by atoms with E-state index in [1.807, 2.05) is 25.2 Å². The van der Waals surface area contributed by atoms with E-state index < -0.39 is 11.8 Å². The highest BCUT2D eigenvalue weighted by Crippen LogP contribution is 2.45. The molecule has 7 nitrogen and oxygen atoms in total. The average molecular weight is 529 g/mol. The summed E-state index contributed by atoms with van der Waals surface area (Å²) in [6.45, 7) is 10.3. The number of ketones is 1. The molecule has 1 aromatic heterocycles. The quantitative estimate of drug-likeness (QED) is 0.405. The van der Waals surface area contributed by atoms with Gasteiger partial charge in [0, 0.05) is 17.9 Å². The van der Waals surface area contributed by atoms with Crippen molar-refractivity contribution < 1.29 is 24.2 Å². The summed E-state index contributed by atoms with van der Waals surface area (Å²) < 4.78 is 13.3. The van der Waals surface area contributed by atoms with Crippen molar-refractivity contribution in [2.75, 3.05) is 0 Å². The van der Waals surface area contributed by atoms with Gasteiger partial charge in [0.15, 0.2) is 5.78 Å². The highest BCUT2D eigenvalue weighted by molar-refractivity contribution is 5.98. The van der Waals surface area contributed by atoms with E-state index in [-0.39, 0.29) is 29.5 Å². The van der Waals surface area contributed by atoms with Crippen molar-refractivity contribution in [2.45, 2.75) is 78.3 Å². The fourth-order valence-electron chi connectivity index (χ4n) is 5.68. The third kappa shape index (κ3) is 5.75. The normalized spacial score (nSPS) is 27.1. The lowest BCUT2D eigenvalue weighted by atomic mass is 9.78. The van der Waals surface area contributed by atoms with Gasteiger partial charge in [0.05, 0.1) is 28.8 Å². The van der Waals surface area contributed by atoms with Crippen molar-refractivity contribution in [3.8, 4) is 0 Å². The Morgan fingerprint density at radius 1 is 1.18 bits per heavy atom. The summed E-state index contributed by atoms with van der Waals surface area (Å²) in [5.41, 5.74) is 6.74. The number of ether oxygens (including phenoxy) is 2. The molecule has 39 heavy (non-hydrogen) atoms. The molecule has 1 aromatic carbocycles. The minimum absolute atomic E-state index is 0.0788. The summed E-state index contributed by atoms with van der Waals surface area (Å²) in [6.07, 6.45) is 12.8. The van der Waals surface area contributed by atoms with Crippen LogP contribution in [0.5, 0.6) is 0 Å². The zero-order valence-electron chi connectivity index (χ0n) is 23.2. The molecular weight excluding hydrogens is 492 g/mol. The van der Waals surface area contributed by atoms with Gasteiger partial charge in [0.2, 0.25) is 5.79 Å². The third-order valence-corrected chi connectivity index (χ3v) is 7.60. The van der Waals surface area contributed by atoms with Crippen LogP contribution in [0.15, 0.2) is 70.9 Å². The number of nitrogens with one attached hydrogen (secondary N) is 1. The van der Waals surface area contributed by atoms with Crippen LogP contribution in [0.25, 0.3) is 16.6 Å². The maximum atomic E-state index is 12.7. The first-order valence-corrected chi connectivity index (χ1v) is 13.5. The minimum Gasteiger partial charge on any atom is -0.478 e. The second-order valence-electron chi connectivity index (χ2n) is 11.3. The summed E-state index contributed by atoms with van der Waals surface area (Å²) in [7, 11) is 0. The lowest BCUT2D eigenvalue weighted by Crippen LogP contribution is -2.48. The van der Waals surface area contributed by atoms with E-state index in [9.17, 15) is 14.7 Å². The molecule has 4 atom stereocenters. The number of fused-ring (bicyclic) bond motifs is 2. The number of aromatic nitrogens is 2. The summed E-state index contributed by atoms with van der Waals surface area (Å²) in [4.78, 5) is 32.3. The predicted octanol–water partition coefficient (Wildman–Crippen LogP) is 6.70. The molecule has 2 aromatic rings. The lowest BCUT2D eigenvalue weighted by molar-refractivity contribution is -0.220. The number of hydrogen-bond donors (Lipinski definition) is 2. The SMILES string of the molecule is CC(C)=CCCC(C)=C[C@@H]1CC(C)=C[C@]2(C=C(c3nc4ccc(C(=O)O)cc4[nH]3)[C@H]3CC(=O)C(C)=C[C@H]3O2)O1. The van der Waals surface area contributed by atoms with Crippen LogP contribution in [0.2, 0.25) is 0 Å². The monoisotopic (exact) mass is 528 g/mol. The van der Waals surface area contributed by atoms with E-state index in [0.717, 1.165) is 30.4 Å². The third-order valence-electron chi connectivity index (χ3n) is 7.60. The molecule has 0 saturated heterocycles. The van der Waals surface area contributed by atoms with Gasteiger partial charge in [-0.2, -0.15) is 0 Å². The highest BCUT2D eigenvalue weighted by atomic mass is 16.7. The maximum absolute atomic E-state index is 12.7. The van der Waals surface area contributed by atoms with Crippen molar-refractivity contribution in [1.82, 2.24) is 9.97 Å². The van der Waals surface area contributed by atoms with Crippen LogP contribution >= 0.6 is 0 Å². The fourth-order valence-corrected chi connectivity index (χ4v) is 5.68. The van der Waals surface area contributed by atoms with Crippen molar-refractivity contribution in [3.05, 3.63) is 82.3 Å². The van der Waals surface area contributed by atoms with Crippen LogP contribution in [0.1, 0.15) is 76.5 Å². The van der Waals surface area contributed by atoms with Crippen molar-refractivity contribution >= 4 is 28.4 Å². The standard InChI is InChI=1S/C32H36N2O5/c1-18(2)7-6-8-19(3)11-23-12-20(4)16-32(38-23)17-25(24-15-28(35)21(5)13-29(24)39-32)30-33-26-10-9-22(31(36)37)14-27(26)34-30/h7,9-11,13-14,16-17,23-24,29H,6,8,12,15H2,1-5H3,(H,33,34)(H,36,37)/t23-,24-,29-,32+/m1/s1. The number of aromatic carboxylic acids is 1. The molecule has 7 heteroatoms.